The summed E-state index contributed by atoms with van der Waals surface area (Å²) < 4.78 is 49.6. The number of aromatic nitrogens is 1. The monoisotopic (exact) mass is 348 g/mol. The lowest BCUT2D eigenvalue weighted by Gasteiger charge is -2.07. The first-order valence-corrected chi connectivity index (χ1v) is 8.32. The number of carbonyl (C=O) groups is 1. The van der Waals surface area contributed by atoms with Gasteiger partial charge in [-0.15, -0.1) is 0 Å². The highest BCUT2D eigenvalue weighted by Gasteiger charge is 2.21. The average Bonchev–Trinajstić information content (AvgIpc) is 2.81. The van der Waals surface area contributed by atoms with Crippen LogP contribution in [0, 0.1) is 25.5 Å². The molecule has 1 aromatic heterocycles. The number of aryl methyl sites for hydroxylation is 1. The van der Waals surface area contributed by atoms with E-state index in [1.165, 1.54) is 13.8 Å². The molecule has 0 aliphatic carbocycles. The lowest BCUT2D eigenvalue weighted by atomic mass is 10.2. The van der Waals surface area contributed by atoms with Crippen LogP contribution in [-0.2, 0) is 9.05 Å². The summed E-state index contributed by atoms with van der Waals surface area (Å²) in [5.74, 6) is -2.41. The molecule has 5 nitrogen and oxygen atoms in total. The molecule has 0 bridgehead atoms. The number of rotatable bonds is 3. The average molecular weight is 349 g/mol. The van der Waals surface area contributed by atoms with Crippen LogP contribution in [0.5, 0.6) is 0 Å². The first kappa shape index (κ1) is 16.4. The largest absolute Gasteiger partial charge is 0.353 e. The third-order valence-electron chi connectivity index (χ3n) is 3.04. The topological polar surface area (TPSA) is 79.0 Å². The van der Waals surface area contributed by atoms with Crippen LogP contribution in [0.3, 0.4) is 0 Å². The summed E-state index contributed by atoms with van der Waals surface area (Å²) in [6.07, 6.45) is 0. The van der Waals surface area contributed by atoms with Gasteiger partial charge in [-0.25, -0.2) is 17.2 Å². The number of benzene rings is 1. The van der Waals surface area contributed by atoms with Crippen LogP contribution in [0.4, 0.5) is 14.5 Å². The van der Waals surface area contributed by atoms with Gasteiger partial charge in [0.05, 0.1) is 5.69 Å². The van der Waals surface area contributed by atoms with E-state index in [4.69, 9.17) is 10.7 Å². The zero-order valence-corrected chi connectivity index (χ0v) is 13.1. The van der Waals surface area contributed by atoms with Crippen LogP contribution in [0.1, 0.15) is 21.7 Å². The number of aromatic amines is 1. The molecule has 1 heterocycles. The maximum Gasteiger partial charge on any atom is 0.272 e. The molecule has 22 heavy (non-hydrogen) atoms. The standard InChI is InChI=1S/C13H11ClF2N2O3S/c1-6-8(15)3-4-9(12(6)16)18-13(19)10-5-11(7(2)17-10)22(14,20)21/h3-5,17H,1-2H3,(H,18,19). The van der Waals surface area contributed by atoms with Gasteiger partial charge < -0.3 is 10.3 Å². The van der Waals surface area contributed by atoms with E-state index < -0.39 is 26.6 Å². The highest BCUT2D eigenvalue weighted by molar-refractivity contribution is 8.13. The Bertz CT molecular complexity index is 862. The molecule has 1 aromatic carbocycles. The van der Waals surface area contributed by atoms with E-state index in [0.717, 1.165) is 18.2 Å². The number of carbonyl (C=O) groups excluding carboxylic acids is 1. The SMILES string of the molecule is Cc1[nH]c(C(=O)Nc2ccc(F)c(C)c2F)cc1S(=O)(=O)Cl. The fraction of sp³-hybridized carbons (Fsp3) is 0.154. The quantitative estimate of drug-likeness (QED) is 0.836. The number of anilines is 1. The fourth-order valence-corrected chi connectivity index (χ4v) is 3.02. The van der Waals surface area contributed by atoms with Crippen molar-refractivity contribution >= 4 is 31.3 Å². The lowest BCUT2D eigenvalue weighted by molar-refractivity contribution is 0.102. The van der Waals surface area contributed by atoms with Crippen molar-refractivity contribution in [3.8, 4) is 0 Å². The number of nitrogens with one attached hydrogen (secondary N) is 2. The van der Waals surface area contributed by atoms with Crippen molar-refractivity contribution in [2.24, 2.45) is 0 Å². The number of halogens is 3. The number of hydrogen-bond acceptors (Lipinski definition) is 3. The van der Waals surface area contributed by atoms with E-state index in [9.17, 15) is 22.0 Å². The molecule has 0 radical (unpaired) electrons. The Kier molecular flexibility index (Phi) is 4.25. The molecule has 0 spiro atoms. The van der Waals surface area contributed by atoms with Crippen molar-refractivity contribution < 1.29 is 22.0 Å². The summed E-state index contributed by atoms with van der Waals surface area (Å²) in [6, 6.07) is 3.13. The molecule has 2 aromatic rings. The zero-order chi connectivity index (χ0) is 16.7. The Morgan fingerprint density at radius 1 is 1.27 bits per heavy atom. The molecule has 0 saturated carbocycles. The molecular formula is C13H11ClF2N2O3S. The van der Waals surface area contributed by atoms with Crippen molar-refractivity contribution in [3.63, 3.8) is 0 Å². The first-order chi connectivity index (χ1) is 10.1. The van der Waals surface area contributed by atoms with Crippen molar-refractivity contribution in [2.75, 3.05) is 5.32 Å². The summed E-state index contributed by atoms with van der Waals surface area (Å²) in [7, 11) is 1.22. The molecule has 1 amide bonds. The Morgan fingerprint density at radius 3 is 2.45 bits per heavy atom. The van der Waals surface area contributed by atoms with E-state index in [1.54, 1.807) is 0 Å². The fourth-order valence-electron chi connectivity index (χ4n) is 1.86. The second kappa shape index (κ2) is 5.69. The van der Waals surface area contributed by atoms with Crippen molar-refractivity contribution in [1.82, 2.24) is 4.98 Å². The van der Waals surface area contributed by atoms with Crippen LogP contribution in [0.2, 0.25) is 0 Å². The van der Waals surface area contributed by atoms with E-state index in [-0.39, 0.29) is 27.5 Å². The third-order valence-corrected chi connectivity index (χ3v) is 4.49. The van der Waals surface area contributed by atoms with Gasteiger partial charge in [-0.3, -0.25) is 4.79 Å². The highest BCUT2D eigenvalue weighted by Crippen LogP contribution is 2.23. The minimum absolute atomic E-state index is 0.113. The second-order valence-corrected chi connectivity index (χ2v) is 7.13. The van der Waals surface area contributed by atoms with Gasteiger partial charge in [-0.05, 0) is 32.0 Å². The number of amides is 1. The molecule has 9 heteroatoms. The normalized spacial score (nSPS) is 11.5. The lowest BCUT2D eigenvalue weighted by Crippen LogP contribution is -2.14. The maximum atomic E-state index is 13.8. The van der Waals surface area contributed by atoms with Crippen LogP contribution in [0.25, 0.3) is 0 Å². The van der Waals surface area contributed by atoms with Crippen LogP contribution >= 0.6 is 10.7 Å². The summed E-state index contributed by atoms with van der Waals surface area (Å²) in [5.41, 5.74) is -0.384. The van der Waals surface area contributed by atoms with Gasteiger partial charge in [-0.2, -0.15) is 0 Å². The van der Waals surface area contributed by atoms with Gasteiger partial charge in [0, 0.05) is 21.9 Å². The van der Waals surface area contributed by atoms with Crippen LogP contribution < -0.4 is 5.32 Å². The molecular weight excluding hydrogens is 338 g/mol. The maximum absolute atomic E-state index is 13.8. The zero-order valence-electron chi connectivity index (χ0n) is 11.5. The Labute approximate surface area is 129 Å². The van der Waals surface area contributed by atoms with E-state index in [0.29, 0.717) is 0 Å². The third kappa shape index (κ3) is 3.12. The predicted molar refractivity (Wildman–Crippen MR) is 77.6 cm³/mol. The van der Waals surface area contributed by atoms with Crippen molar-refractivity contribution in [3.05, 3.63) is 46.8 Å². The van der Waals surface area contributed by atoms with Crippen molar-refractivity contribution in [1.29, 1.82) is 0 Å². The Morgan fingerprint density at radius 2 is 1.91 bits per heavy atom. The van der Waals surface area contributed by atoms with Gasteiger partial charge >= 0.3 is 0 Å². The number of H-pyrrole nitrogens is 1. The number of hydrogen-bond donors (Lipinski definition) is 2. The molecule has 118 valence electrons. The summed E-state index contributed by atoms with van der Waals surface area (Å²) >= 11 is 0. The summed E-state index contributed by atoms with van der Waals surface area (Å²) in [6.45, 7) is 2.66. The highest BCUT2D eigenvalue weighted by atomic mass is 35.7. The predicted octanol–water partition coefficient (Wildman–Crippen LogP) is 3.09. The Balaban J connectivity index is 2.33. The van der Waals surface area contributed by atoms with Gasteiger partial charge in [0.15, 0.2) is 5.82 Å². The minimum atomic E-state index is -4.00. The molecule has 0 aliphatic heterocycles. The van der Waals surface area contributed by atoms with Gasteiger partial charge in [0.2, 0.25) is 0 Å². The van der Waals surface area contributed by atoms with Gasteiger partial charge in [-0.1, -0.05) is 0 Å². The molecule has 2 rings (SSSR count). The molecule has 0 fully saturated rings. The van der Waals surface area contributed by atoms with Crippen LogP contribution in [-0.4, -0.2) is 19.3 Å². The molecule has 0 aliphatic rings. The molecule has 2 N–H and O–H groups in total. The van der Waals surface area contributed by atoms with Crippen LogP contribution in [0.15, 0.2) is 23.1 Å². The molecule has 0 atom stereocenters. The van der Waals surface area contributed by atoms with E-state index in [1.807, 2.05) is 0 Å². The smallest absolute Gasteiger partial charge is 0.272 e. The molecule has 0 unspecified atom stereocenters. The van der Waals surface area contributed by atoms with Crippen molar-refractivity contribution in [2.45, 2.75) is 18.7 Å². The minimum Gasteiger partial charge on any atom is -0.353 e. The summed E-state index contributed by atoms with van der Waals surface area (Å²) in [4.78, 5) is 14.3. The second-order valence-electron chi connectivity index (χ2n) is 4.60. The van der Waals surface area contributed by atoms with E-state index >= 15 is 0 Å². The summed E-state index contributed by atoms with van der Waals surface area (Å²) in [5, 5.41) is 2.24. The molecule has 0 saturated heterocycles. The Hall–Kier alpha value is -1.93. The first-order valence-electron chi connectivity index (χ1n) is 6.01. The van der Waals surface area contributed by atoms with E-state index in [2.05, 4.69) is 10.3 Å². The van der Waals surface area contributed by atoms with Gasteiger partial charge in [0.1, 0.15) is 16.4 Å². The van der Waals surface area contributed by atoms with Gasteiger partial charge in [0.25, 0.3) is 15.0 Å².